The minimum absolute atomic E-state index is 0.0171. The third-order valence-corrected chi connectivity index (χ3v) is 7.56. The van der Waals surface area contributed by atoms with Crippen LogP contribution in [0.25, 0.3) is 0 Å². The lowest BCUT2D eigenvalue weighted by Gasteiger charge is -2.32. The highest BCUT2D eigenvalue weighted by molar-refractivity contribution is 7.89. The zero-order chi connectivity index (χ0) is 21.7. The van der Waals surface area contributed by atoms with E-state index >= 15 is 0 Å². The van der Waals surface area contributed by atoms with Gasteiger partial charge in [0.2, 0.25) is 10.0 Å². The third kappa shape index (κ3) is 5.28. The summed E-state index contributed by atoms with van der Waals surface area (Å²) in [4.78, 5) is 14.2. The minimum atomic E-state index is -3.60. The summed E-state index contributed by atoms with van der Waals surface area (Å²) in [5.41, 5.74) is 2.61. The summed E-state index contributed by atoms with van der Waals surface area (Å²) < 4.78 is 27.7. The average Bonchev–Trinajstić information content (AvgIpc) is 2.73. The fraction of sp³-hybridized carbons (Fsp3) is 0.435. The fourth-order valence-corrected chi connectivity index (χ4v) is 5.67. The Labute approximate surface area is 179 Å². The number of rotatable bonds is 7. The van der Waals surface area contributed by atoms with Crippen molar-refractivity contribution in [3.8, 4) is 0 Å². The van der Waals surface area contributed by atoms with Crippen LogP contribution in [0.4, 0.5) is 0 Å². The van der Waals surface area contributed by atoms with Gasteiger partial charge in [-0.3, -0.25) is 4.79 Å². The van der Waals surface area contributed by atoms with E-state index < -0.39 is 10.0 Å². The smallest absolute Gasteiger partial charge is 0.251 e. The molecule has 1 fully saturated rings. The molecule has 0 aliphatic carbocycles. The van der Waals surface area contributed by atoms with Crippen LogP contribution in [-0.4, -0.2) is 45.3 Å². The molecule has 162 valence electrons. The van der Waals surface area contributed by atoms with Gasteiger partial charge in [0.1, 0.15) is 6.54 Å². The van der Waals surface area contributed by atoms with Crippen molar-refractivity contribution in [2.45, 2.75) is 50.2 Å². The molecule has 7 heteroatoms. The second-order valence-corrected chi connectivity index (χ2v) is 10.2. The van der Waals surface area contributed by atoms with Crippen molar-refractivity contribution in [3.63, 3.8) is 0 Å². The van der Waals surface area contributed by atoms with Gasteiger partial charge in [0.25, 0.3) is 5.91 Å². The standard InChI is InChI=1S/C23H31N3O3S/c1-18-9-6-7-14-26(18)30(28,29)22-13-8-12-19(15-22)23(27)24-16-20-10-4-5-11-21(20)17-25(2)3/h4-5,8,10-13,15,18H,6-7,9,14,16-17H2,1-3H3,(H,24,27)/p+1/t18-/m0/s1. The fourth-order valence-electron chi connectivity index (χ4n) is 3.92. The van der Waals surface area contributed by atoms with Crippen LogP contribution < -0.4 is 10.2 Å². The van der Waals surface area contributed by atoms with Crippen LogP contribution >= 0.6 is 0 Å². The molecule has 1 aliphatic heterocycles. The Morgan fingerprint density at radius 1 is 1.10 bits per heavy atom. The largest absolute Gasteiger partial charge is 0.348 e. The second kappa shape index (κ2) is 9.73. The number of nitrogens with one attached hydrogen (secondary N) is 2. The number of amides is 1. The van der Waals surface area contributed by atoms with Crippen LogP contribution in [-0.2, 0) is 23.1 Å². The predicted molar refractivity (Wildman–Crippen MR) is 118 cm³/mol. The zero-order valence-corrected chi connectivity index (χ0v) is 18.8. The normalized spacial score (nSPS) is 17.8. The quantitative estimate of drug-likeness (QED) is 0.704. The zero-order valence-electron chi connectivity index (χ0n) is 18.0. The summed E-state index contributed by atoms with van der Waals surface area (Å²) in [5, 5.41) is 2.94. The number of carbonyl (C=O) groups excluding carboxylic acids is 1. The molecule has 6 nitrogen and oxygen atoms in total. The predicted octanol–water partition coefficient (Wildman–Crippen LogP) is 1.82. The first-order valence-corrected chi connectivity index (χ1v) is 12.0. The van der Waals surface area contributed by atoms with E-state index in [1.807, 2.05) is 25.1 Å². The first kappa shape index (κ1) is 22.5. The molecular weight excluding hydrogens is 398 g/mol. The topological polar surface area (TPSA) is 70.9 Å². The van der Waals surface area contributed by atoms with Crippen LogP contribution in [0.3, 0.4) is 0 Å². The molecule has 0 spiro atoms. The molecule has 0 aromatic heterocycles. The second-order valence-electron chi connectivity index (χ2n) is 8.32. The maximum absolute atomic E-state index is 13.1. The van der Waals surface area contributed by atoms with Gasteiger partial charge in [-0.05, 0) is 43.5 Å². The summed E-state index contributed by atoms with van der Waals surface area (Å²) in [5.74, 6) is -0.272. The van der Waals surface area contributed by atoms with Crippen LogP contribution in [0.5, 0.6) is 0 Å². The van der Waals surface area contributed by atoms with Gasteiger partial charge in [-0.15, -0.1) is 0 Å². The maximum atomic E-state index is 13.1. The van der Waals surface area contributed by atoms with Gasteiger partial charge in [0.15, 0.2) is 0 Å². The lowest BCUT2D eigenvalue weighted by Crippen LogP contribution is -3.04. The number of nitrogens with zero attached hydrogens (tertiary/aromatic N) is 1. The highest BCUT2D eigenvalue weighted by atomic mass is 32.2. The van der Waals surface area contributed by atoms with Crippen LogP contribution in [0, 0.1) is 0 Å². The van der Waals surface area contributed by atoms with Gasteiger partial charge in [0.05, 0.1) is 19.0 Å². The Kier molecular flexibility index (Phi) is 7.28. The van der Waals surface area contributed by atoms with E-state index in [0.29, 0.717) is 18.7 Å². The van der Waals surface area contributed by atoms with Crippen LogP contribution in [0.15, 0.2) is 53.4 Å². The summed E-state index contributed by atoms with van der Waals surface area (Å²) >= 11 is 0. The van der Waals surface area contributed by atoms with Gasteiger partial charge < -0.3 is 10.2 Å². The Morgan fingerprint density at radius 3 is 2.53 bits per heavy atom. The Hall–Kier alpha value is -2.22. The maximum Gasteiger partial charge on any atom is 0.251 e. The first-order chi connectivity index (χ1) is 14.3. The number of sulfonamides is 1. The Bertz CT molecular complexity index is 989. The molecule has 2 aromatic carbocycles. The molecule has 30 heavy (non-hydrogen) atoms. The van der Waals surface area contributed by atoms with Crippen molar-refractivity contribution in [3.05, 3.63) is 65.2 Å². The summed E-state index contributed by atoms with van der Waals surface area (Å²) in [6.45, 7) is 3.75. The van der Waals surface area contributed by atoms with E-state index in [4.69, 9.17) is 0 Å². The molecule has 3 rings (SSSR count). The molecule has 1 heterocycles. The van der Waals surface area contributed by atoms with Gasteiger partial charge in [-0.1, -0.05) is 36.8 Å². The highest BCUT2D eigenvalue weighted by Crippen LogP contribution is 2.25. The van der Waals surface area contributed by atoms with Crippen LogP contribution in [0.2, 0.25) is 0 Å². The van der Waals surface area contributed by atoms with Gasteiger partial charge in [0, 0.05) is 30.3 Å². The number of carbonyl (C=O) groups is 1. The van der Waals surface area contributed by atoms with Crippen molar-refractivity contribution < 1.29 is 18.1 Å². The number of hydrogen-bond donors (Lipinski definition) is 2. The van der Waals surface area contributed by atoms with E-state index in [-0.39, 0.29) is 16.8 Å². The van der Waals surface area contributed by atoms with Gasteiger partial charge >= 0.3 is 0 Å². The molecule has 0 bridgehead atoms. The summed E-state index contributed by atoms with van der Waals surface area (Å²) in [7, 11) is 0.572. The average molecular weight is 431 g/mol. The number of benzene rings is 2. The SMILES string of the molecule is C[C@H]1CCCCN1S(=O)(=O)c1cccc(C(=O)NCc2ccccc2C[NH+](C)C)c1. The molecule has 0 radical (unpaired) electrons. The van der Waals surface area contributed by atoms with Crippen molar-refractivity contribution in [1.29, 1.82) is 0 Å². The molecule has 2 aromatic rings. The lowest BCUT2D eigenvalue weighted by molar-refractivity contribution is -0.872. The van der Waals surface area contributed by atoms with E-state index in [1.54, 1.807) is 22.5 Å². The first-order valence-electron chi connectivity index (χ1n) is 10.5. The molecule has 0 unspecified atom stereocenters. The minimum Gasteiger partial charge on any atom is -0.348 e. The molecule has 0 saturated carbocycles. The van der Waals surface area contributed by atoms with E-state index in [1.165, 1.54) is 16.5 Å². The number of hydrogen-bond acceptors (Lipinski definition) is 3. The van der Waals surface area contributed by atoms with E-state index in [0.717, 1.165) is 31.4 Å². The van der Waals surface area contributed by atoms with Crippen molar-refractivity contribution >= 4 is 15.9 Å². The van der Waals surface area contributed by atoms with Crippen molar-refractivity contribution in [2.24, 2.45) is 0 Å². The third-order valence-electron chi connectivity index (χ3n) is 5.55. The van der Waals surface area contributed by atoms with Gasteiger partial charge in [-0.25, -0.2) is 8.42 Å². The van der Waals surface area contributed by atoms with Crippen LogP contribution in [0.1, 0.15) is 47.7 Å². The van der Waals surface area contributed by atoms with Crippen molar-refractivity contribution in [2.75, 3.05) is 20.6 Å². The van der Waals surface area contributed by atoms with E-state index in [2.05, 4.69) is 25.5 Å². The molecule has 2 N–H and O–H groups in total. The van der Waals surface area contributed by atoms with Crippen molar-refractivity contribution in [1.82, 2.24) is 9.62 Å². The molecule has 1 saturated heterocycles. The Morgan fingerprint density at radius 2 is 1.83 bits per heavy atom. The summed E-state index contributed by atoms with van der Waals surface area (Å²) in [6, 6.07) is 14.4. The Balaban J connectivity index is 1.74. The molecule has 1 atom stereocenters. The van der Waals surface area contributed by atoms with E-state index in [9.17, 15) is 13.2 Å². The molecular formula is C23H32N3O3S+. The van der Waals surface area contributed by atoms with Gasteiger partial charge in [-0.2, -0.15) is 4.31 Å². The monoisotopic (exact) mass is 430 g/mol. The summed E-state index contributed by atoms with van der Waals surface area (Å²) in [6.07, 6.45) is 2.79. The number of quaternary nitrogens is 1. The highest BCUT2D eigenvalue weighted by Gasteiger charge is 2.31. The molecule has 1 aliphatic rings. The number of piperidine rings is 1. The lowest BCUT2D eigenvalue weighted by atomic mass is 10.1. The molecule has 1 amide bonds.